The summed E-state index contributed by atoms with van der Waals surface area (Å²) in [4.78, 5) is 29.0. The molecule has 2 aliphatic heterocycles. The van der Waals surface area contributed by atoms with Gasteiger partial charge < -0.3 is 28.7 Å². The predicted octanol–water partition coefficient (Wildman–Crippen LogP) is 1.49. The van der Waals surface area contributed by atoms with Crippen molar-refractivity contribution < 1.29 is 23.2 Å². The third-order valence-corrected chi connectivity index (χ3v) is 5.43. The maximum Gasteiger partial charge on any atom is 0.289 e. The summed E-state index contributed by atoms with van der Waals surface area (Å²) in [5.41, 5.74) is -0.417. The van der Waals surface area contributed by atoms with E-state index in [-0.39, 0.29) is 11.8 Å². The van der Waals surface area contributed by atoms with Gasteiger partial charge in [-0.25, -0.2) is 0 Å². The van der Waals surface area contributed by atoms with Gasteiger partial charge in [0.15, 0.2) is 5.76 Å². The second-order valence-corrected chi connectivity index (χ2v) is 7.55. The molecular formula is C20H25N3O5. The molecule has 8 heteroatoms. The van der Waals surface area contributed by atoms with Gasteiger partial charge in [-0.2, -0.15) is 0 Å². The molecular weight excluding hydrogens is 362 g/mol. The number of amides is 2. The Hall–Kier alpha value is -2.58. The highest BCUT2D eigenvalue weighted by Crippen LogP contribution is 2.32. The Labute approximate surface area is 163 Å². The molecule has 0 saturated carbocycles. The van der Waals surface area contributed by atoms with Crippen LogP contribution in [-0.4, -0.2) is 66.5 Å². The first-order chi connectivity index (χ1) is 13.5. The number of likely N-dealkylation sites (N-methyl/N-ethyl adjacent to an activating group) is 1. The van der Waals surface area contributed by atoms with Gasteiger partial charge in [0, 0.05) is 26.2 Å². The van der Waals surface area contributed by atoms with E-state index in [1.807, 2.05) is 13.1 Å². The molecule has 0 unspecified atom stereocenters. The van der Waals surface area contributed by atoms with Gasteiger partial charge in [-0.05, 0) is 44.2 Å². The standard InChI is InChI=1S/C20H25N3O5/c1-22-13-17(18(24)21-12-15-4-2-10-26-15)28-20(14-22)6-8-23(9-7-20)19(25)16-5-3-11-27-16/h2-5,10-11,17H,6-9,12-14H2,1H3,(H,21,24)/t17-/m0/s1. The summed E-state index contributed by atoms with van der Waals surface area (Å²) >= 11 is 0. The number of morpholine rings is 1. The predicted molar refractivity (Wildman–Crippen MR) is 99.5 cm³/mol. The van der Waals surface area contributed by atoms with Crippen LogP contribution < -0.4 is 5.32 Å². The number of ether oxygens (including phenoxy) is 1. The number of furan rings is 2. The summed E-state index contributed by atoms with van der Waals surface area (Å²) in [5, 5.41) is 2.88. The van der Waals surface area contributed by atoms with Crippen LogP contribution in [0.5, 0.6) is 0 Å². The molecule has 0 aromatic carbocycles. The Morgan fingerprint density at radius 1 is 1.18 bits per heavy atom. The molecule has 2 aromatic heterocycles. The van der Waals surface area contributed by atoms with Crippen LogP contribution >= 0.6 is 0 Å². The van der Waals surface area contributed by atoms with Crippen molar-refractivity contribution in [2.45, 2.75) is 31.1 Å². The number of nitrogens with one attached hydrogen (secondary N) is 1. The number of carbonyl (C=O) groups excluding carboxylic acids is 2. The highest BCUT2D eigenvalue weighted by molar-refractivity contribution is 5.91. The fraction of sp³-hybridized carbons (Fsp3) is 0.500. The van der Waals surface area contributed by atoms with E-state index in [4.69, 9.17) is 13.6 Å². The molecule has 2 aromatic rings. The molecule has 150 valence electrons. The molecule has 28 heavy (non-hydrogen) atoms. The minimum absolute atomic E-state index is 0.100. The van der Waals surface area contributed by atoms with Crippen LogP contribution in [0.25, 0.3) is 0 Å². The van der Waals surface area contributed by atoms with Crippen LogP contribution in [0.4, 0.5) is 0 Å². The number of carbonyl (C=O) groups is 2. The Balaban J connectivity index is 1.35. The van der Waals surface area contributed by atoms with Gasteiger partial charge >= 0.3 is 0 Å². The lowest BCUT2D eigenvalue weighted by molar-refractivity contribution is -0.180. The molecule has 2 aliphatic rings. The van der Waals surface area contributed by atoms with Gasteiger partial charge in [0.1, 0.15) is 11.9 Å². The SMILES string of the molecule is CN1C[C@@H](C(=O)NCc2ccco2)OC2(CCN(C(=O)c3ccco3)CC2)C1. The average molecular weight is 387 g/mol. The average Bonchev–Trinajstić information content (AvgIpc) is 3.39. The van der Waals surface area contributed by atoms with Crippen molar-refractivity contribution in [1.29, 1.82) is 0 Å². The fourth-order valence-electron chi connectivity index (χ4n) is 4.00. The van der Waals surface area contributed by atoms with E-state index in [0.717, 1.165) is 6.54 Å². The molecule has 0 aliphatic carbocycles. The summed E-state index contributed by atoms with van der Waals surface area (Å²) < 4.78 is 16.8. The van der Waals surface area contributed by atoms with Crippen molar-refractivity contribution in [2.75, 3.05) is 33.2 Å². The lowest BCUT2D eigenvalue weighted by atomic mass is 9.88. The topological polar surface area (TPSA) is 88.2 Å². The largest absolute Gasteiger partial charge is 0.467 e. The van der Waals surface area contributed by atoms with Gasteiger partial charge in [-0.3, -0.25) is 9.59 Å². The van der Waals surface area contributed by atoms with Crippen molar-refractivity contribution in [3.63, 3.8) is 0 Å². The lowest BCUT2D eigenvalue weighted by Gasteiger charge is -2.48. The van der Waals surface area contributed by atoms with Crippen LogP contribution in [-0.2, 0) is 16.1 Å². The van der Waals surface area contributed by atoms with E-state index in [0.29, 0.717) is 50.5 Å². The number of piperidine rings is 1. The second kappa shape index (κ2) is 7.81. The quantitative estimate of drug-likeness (QED) is 0.855. The van der Waals surface area contributed by atoms with Gasteiger partial charge in [0.2, 0.25) is 0 Å². The molecule has 2 saturated heterocycles. The fourth-order valence-corrected chi connectivity index (χ4v) is 4.00. The third-order valence-electron chi connectivity index (χ3n) is 5.43. The lowest BCUT2D eigenvalue weighted by Crippen LogP contribution is -2.61. The van der Waals surface area contributed by atoms with Gasteiger partial charge in [-0.15, -0.1) is 0 Å². The van der Waals surface area contributed by atoms with Crippen molar-refractivity contribution in [1.82, 2.24) is 15.1 Å². The highest BCUT2D eigenvalue weighted by atomic mass is 16.5. The Bertz CT molecular complexity index is 794. The van der Waals surface area contributed by atoms with Crippen LogP contribution in [0.15, 0.2) is 45.6 Å². The zero-order chi connectivity index (χ0) is 19.6. The number of hydrogen-bond acceptors (Lipinski definition) is 6. The Morgan fingerprint density at radius 2 is 1.93 bits per heavy atom. The monoisotopic (exact) mass is 387 g/mol. The van der Waals surface area contributed by atoms with Crippen LogP contribution in [0.1, 0.15) is 29.2 Å². The van der Waals surface area contributed by atoms with Crippen molar-refractivity contribution in [2.24, 2.45) is 0 Å². The molecule has 4 rings (SSSR count). The molecule has 2 fully saturated rings. The van der Waals surface area contributed by atoms with Crippen molar-refractivity contribution >= 4 is 11.8 Å². The molecule has 0 radical (unpaired) electrons. The van der Waals surface area contributed by atoms with Gasteiger partial charge in [0.05, 0.1) is 24.7 Å². The summed E-state index contributed by atoms with van der Waals surface area (Å²) in [6.45, 7) is 2.79. The zero-order valence-electron chi connectivity index (χ0n) is 15.9. The first-order valence-corrected chi connectivity index (χ1v) is 9.54. The molecule has 4 heterocycles. The smallest absolute Gasteiger partial charge is 0.289 e. The Kier molecular flexibility index (Phi) is 5.23. The first-order valence-electron chi connectivity index (χ1n) is 9.54. The van der Waals surface area contributed by atoms with Crippen LogP contribution in [0.2, 0.25) is 0 Å². The first kappa shape index (κ1) is 18.8. The highest BCUT2D eigenvalue weighted by Gasteiger charge is 2.44. The summed E-state index contributed by atoms with van der Waals surface area (Å²) in [5.74, 6) is 0.818. The number of nitrogens with zero attached hydrogens (tertiary/aromatic N) is 2. The number of rotatable bonds is 4. The van der Waals surface area contributed by atoms with Crippen molar-refractivity contribution in [3.8, 4) is 0 Å². The molecule has 1 spiro atoms. The molecule has 1 N–H and O–H groups in total. The normalized spacial score (nSPS) is 22.3. The van der Waals surface area contributed by atoms with Crippen LogP contribution in [0.3, 0.4) is 0 Å². The molecule has 2 amide bonds. The van der Waals surface area contributed by atoms with Crippen LogP contribution in [0, 0.1) is 0 Å². The summed E-state index contributed by atoms with van der Waals surface area (Å²) in [7, 11) is 2.00. The zero-order valence-corrected chi connectivity index (χ0v) is 15.9. The summed E-state index contributed by atoms with van der Waals surface area (Å²) in [6.07, 6.45) is 3.92. The third kappa shape index (κ3) is 3.98. The maximum absolute atomic E-state index is 12.6. The maximum atomic E-state index is 12.6. The van der Waals surface area contributed by atoms with E-state index in [2.05, 4.69) is 10.2 Å². The van der Waals surface area contributed by atoms with E-state index in [1.165, 1.54) is 6.26 Å². The summed E-state index contributed by atoms with van der Waals surface area (Å²) in [6, 6.07) is 7.00. The molecule has 8 nitrogen and oxygen atoms in total. The van der Waals surface area contributed by atoms with Gasteiger partial charge in [-0.1, -0.05) is 0 Å². The minimum Gasteiger partial charge on any atom is -0.467 e. The number of hydrogen-bond donors (Lipinski definition) is 1. The number of likely N-dealkylation sites (tertiary alicyclic amines) is 1. The van der Waals surface area contributed by atoms with E-state index >= 15 is 0 Å². The minimum atomic E-state index is -0.541. The Morgan fingerprint density at radius 3 is 2.61 bits per heavy atom. The second-order valence-electron chi connectivity index (χ2n) is 7.55. The molecule has 0 bridgehead atoms. The van der Waals surface area contributed by atoms with E-state index in [1.54, 1.807) is 29.4 Å². The molecule has 1 atom stereocenters. The van der Waals surface area contributed by atoms with Crippen molar-refractivity contribution in [3.05, 3.63) is 48.3 Å². The van der Waals surface area contributed by atoms with Gasteiger partial charge in [0.25, 0.3) is 11.8 Å². The van der Waals surface area contributed by atoms with E-state index in [9.17, 15) is 9.59 Å². The van der Waals surface area contributed by atoms with E-state index < -0.39 is 11.7 Å².